The van der Waals surface area contributed by atoms with Gasteiger partial charge in [-0.3, -0.25) is 0 Å². The predicted octanol–water partition coefficient (Wildman–Crippen LogP) is 5.74. The Morgan fingerprint density at radius 1 is 1.09 bits per heavy atom. The van der Waals surface area contributed by atoms with Crippen molar-refractivity contribution >= 4 is 16.9 Å². The van der Waals surface area contributed by atoms with Crippen molar-refractivity contribution in [2.75, 3.05) is 5.32 Å². The van der Waals surface area contributed by atoms with Gasteiger partial charge in [-0.1, -0.05) is 32.1 Å². The van der Waals surface area contributed by atoms with Crippen LogP contribution in [0, 0.1) is 13.8 Å². The minimum absolute atomic E-state index is 0.588. The molecule has 32 heavy (non-hydrogen) atoms. The second kappa shape index (κ2) is 9.70. The van der Waals surface area contributed by atoms with E-state index in [4.69, 9.17) is 15.7 Å². The zero-order valence-electron chi connectivity index (χ0n) is 19.8. The van der Waals surface area contributed by atoms with Crippen LogP contribution in [0.5, 0.6) is 0 Å². The molecule has 168 valence electrons. The van der Waals surface area contributed by atoms with Crippen molar-refractivity contribution in [1.82, 2.24) is 14.5 Å². The summed E-state index contributed by atoms with van der Waals surface area (Å²) in [4.78, 5) is 9.66. The Balaban J connectivity index is 1.53. The molecule has 0 bridgehead atoms. The molecule has 0 radical (unpaired) electrons. The summed E-state index contributed by atoms with van der Waals surface area (Å²) in [5, 5.41) is 3.69. The molecule has 3 aromatic rings. The molecule has 2 aromatic heterocycles. The molecule has 0 atom stereocenters. The van der Waals surface area contributed by atoms with Gasteiger partial charge in [0, 0.05) is 36.6 Å². The molecule has 1 aliphatic rings. The van der Waals surface area contributed by atoms with Crippen molar-refractivity contribution in [3.8, 4) is 0 Å². The number of pyridine rings is 1. The normalized spacial score (nSPS) is 14.2. The average molecular weight is 430 g/mol. The number of aryl methyl sites for hydroxylation is 5. The molecule has 0 saturated heterocycles. The van der Waals surface area contributed by atoms with Crippen LogP contribution >= 0.6 is 0 Å². The van der Waals surface area contributed by atoms with E-state index in [0.29, 0.717) is 6.54 Å². The van der Waals surface area contributed by atoms with Crippen molar-refractivity contribution in [2.45, 2.75) is 72.9 Å². The van der Waals surface area contributed by atoms with Gasteiger partial charge in [-0.15, -0.1) is 0 Å². The first kappa shape index (κ1) is 22.3. The molecule has 1 aliphatic heterocycles. The quantitative estimate of drug-likeness (QED) is 0.503. The molecule has 5 nitrogen and oxygen atoms in total. The maximum absolute atomic E-state index is 5.84. The molecular formula is C27H35N5. The van der Waals surface area contributed by atoms with Crippen LogP contribution in [0.15, 0.2) is 47.7 Å². The van der Waals surface area contributed by atoms with Crippen molar-refractivity contribution < 1.29 is 0 Å². The molecule has 0 fully saturated rings. The van der Waals surface area contributed by atoms with Crippen LogP contribution in [-0.2, 0) is 25.9 Å². The van der Waals surface area contributed by atoms with Gasteiger partial charge in [-0.05, 0) is 80.0 Å². The first-order chi connectivity index (χ1) is 15.5. The van der Waals surface area contributed by atoms with Gasteiger partial charge in [0.2, 0.25) is 0 Å². The predicted molar refractivity (Wildman–Crippen MR) is 134 cm³/mol. The molecule has 0 amide bonds. The number of nitrogens with two attached hydrogens (primary N) is 1. The molecule has 0 spiro atoms. The Hall–Kier alpha value is -2.92. The fourth-order valence-electron chi connectivity index (χ4n) is 4.64. The van der Waals surface area contributed by atoms with Crippen molar-refractivity contribution in [2.24, 2.45) is 5.73 Å². The van der Waals surface area contributed by atoms with Gasteiger partial charge in [-0.2, -0.15) is 0 Å². The number of rotatable bonds is 7. The fourth-order valence-corrected chi connectivity index (χ4v) is 4.64. The Labute approximate surface area is 191 Å². The summed E-state index contributed by atoms with van der Waals surface area (Å²) in [7, 11) is 0. The van der Waals surface area contributed by atoms with Crippen LogP contribution in [0.3, 0.4) is 0 Å². The lowest BCUT2D eigenvalue weighted by molar-refractivity contribution is 0.678. The lowest BCUT2D eigenvalue weighted by Crippen LogP contribution is -2.04. The third-order valence-electron chi connectivity index (χ3n) is 6.40. The summed E-state index contributed by atoms with van der Waals surface area (Å²) in [6.45, 7) is 10.1. The molecular weight excluding hydrogens is 394 g/mol. The van der Waals surface area contributed by atoms with Gasteiger partial charge in [-0.25, -0.2) is 9.97 Å². The number of aromatic nitrogens is 3. The maximum Gasteiger partial charge on any atom is 0.160 e. The Kier molecular flexibility index (Phi) is 6.75. The minimum atomic E-state index is 0.588. The van der Waals surface area contributed by atoms with E-state index in [9.17, 15) is 0 Å². The first-order valence-electron chi connectivity index (χ1n) is 11.8. The van der Waals surface area contributed by atoms with E-state index in [1.807, 2.05) is 0 Å². The third kappa shape index (κ3) is 4.49. The first-order valence-corrected chi connectivity index (χ1v) is 11.8. The highest BCUT2D eigenvalue weighted by Gasteiger charge is 2.14. The van der Waals surface area contributed by atoms with Crippen LogP contribution in [0.1, 0.15) is 61.3 Å². The standard InChI is InChI=1S/C27H35N5/c1-5-21-11-12-22-16-20(17-28)10-13-24(22)30-23(21)9-7-8-14-32-25(6-2)31-26-18(3)15-19(4)29-27(26)32/h7,9-10,13,15-16,30H,5-6,8,11-12,14,17,28H2,1-4H3/b9-7-. The molecule has 0 aliphatic carbocycles. The van der Waals surface area contributed by atoms with E-state index in [1.165, 1.54) is 33.6 Å². The lowest BCUT2D eigenvalue weighted by Gasteiger charge is -2.12. The van der Waals surface area contributed by atoms with Crippen LogP contribution in [-0.4, -0.2) is 14.5 Å². The van der Waals surface area contributed by atoms with E-state index in [2.05, 4.69) is 74.0 Å². The van der Waals surface area contributed by atoms with Gasteiger partial charge < -0.3 is 15.6 Å². The highest BCUT2D eigenvalue weighted by Crippen LogP contribution is 2.29. The van der Waals surface area contributed by atoms with Crippen LogP contribution in [0.4, 0.5) is 5.69 Å². The van der Waals surface area contributed by atoms with Crippen molar-refractivity contribution in [1.29, 1.82) is 0 Å². The molecule has 3 N–H and O–H groups in total. The summed E-state index contributed by atoms with van der Waals surface area (Å²) >= 11 is 0. The van der Waals surface area contributed by atoms with E-state index >= 15 is 0 Å². The van der Waals surface area contributed by atoms with Crippen LogP contribution in [0.2, 0.25) is 0 Å². The lowest BCUT2D eigenvalue weighted by atomic mass is 10.0. The Morgan fingerprint density at radius 2 is 1.94 bits per heavy atom. The topological polar surface area (TPSA) is 68.8 Å². The SMILES string of the molecule is CCC1=C(/C=C\CCn2c(CC)nc3c(C)cc(C)nc32)Nc2ccc(CN)cc2CC1. The number of benzene rings is 1. The van der Waals surface area contributed by atoms with Crippen LogP contribution < -0.4 is 11.1 Å². The number of anilines is 1. The average Bonchev–Trinajstić information content (AvgIpc) is 3.04. The highest BCUT2D eigenvalue weighted by molar-refractivity contribution is 5.75. The molecule has 3 heterocycles. The molecule has 4 rings (SSSR count). The van der Waals surface area contributed by atoms with Crippen molar-refractivity contribution in [3.05, 3.63) is 75.9 Å². The highest BCUT2D eigenvalue weighted by atomic mass is 15.1. The number of hydrogen-bond acceptors (Lipinski definition) is 4. The second-order valence-electron chi connectivity index (χ2n) is 8.67. The number of nitrogens with one attached hydrogen (secondary N) is 1. The van der Waals surface area contributed by atoms with E-state index in [0.717, 1.165) is 61.3 Å². The molecule has 1 aromatic carbocycles. The molecule has 5 heteroatoms. The summed E-state index contributed by atoms with van der Waals surface area (Å²) in [5.74, 6) is 1.11. The fraction of sp³-hybridized carbons (Fsp3) is 0.407. The summed E-state index contributed by atoms with van der Waals surface area (Å²) in [6.07, 6.45) is 9.59. The number of imidazole rings is 1. The van der Waals surface area contributed by atoms with Gasteiger partial charge in [0.1, 0.15) is 11.3 Å². The number of nitrogens with zero attached hydrogens (tertiary/aromatic N) is 3. The second-order valence-corrected chi connectivity index (χ2v) is 8.67. The zero-order chi connectivity index (χ0) is 22.7. The van der Waals surface area contributed by atoms with Gasteiger partial charge >= 0.3 is 0 Å². The van der Waals surface area contributed by atoms with E-state index in [1.54, 1.807) is 0 Å². The largest absolute Gasteiger partial charge is 0.355 e. The summed E-state index contributed by atoms with van der Waals surface area (Å²) < 4.78 is 2.29. The monoisotopic (exact) mass is 429 g/mol. The minimum Gasteiger partial charge on any atom is -0.355 e. The third-order valence-corrected chi connectivity index (χ3v) is 6.40. The van der Waals surface area contributed by atoms with Crippen molar-refractivity contribution in [3.63, 3.8) is 0 Å². The van der Waals surface area contributed by atoms with Gasteiger partial charge in [0.25, 0.3) is 0 Å². The van der Waals surface area contributed by atoms with Gasteiger partial charge in [0.05, 0.1) is 0 Å². The Morgan fingerprint density at radius 3 is 2.69 bits per heavy atom. The summed E-state index contributed by atoms with van der Waals surface area (Å²) in [6, 6.07) is 8.66. The zero-order valence-corrected chi connectivity index (χ0v) is 19.8. The van der Waals surface area contributed by atoms with E-state index in [-0.39, 0.29) is 0 Å². The van der Waals surface area contributed by atoms with Crippen LogP contribution in [0.25, 0.3) is 11.2 Å². The Bertz CT molecular complexity index is 1180. The van der Waals surface area contributed by atoms with Gasteiger partial charge in [0.15, 0.2) is 5.65 Å². The number of fused-ring (bicyclic) bond motifs is 2. The molecule has 0 unspecified atom stereocenters. The summed E-state index contributed by atoms with van der Waals surface area (Å²) in [5.41, 5.74) is 16.6. The maximum atomic E-state index is 5.84. The smallest absolute Gasteiger partial charge is 0.160 e. The number of hydrogen-bond donors (Lipinski definition) is 2. The van der Waals surface area contributed by atoms with E-state index < -0.39 is 0 Å². The number of allylic oxidation sites excluding steroid dienone is 3. The molecule has 0 saturated carbocycles.